The van der Waals surface area contributed by atoms with Crippen LogP contribution in [0.4, 0.5) is 0 Å². The zero-order valence-electron chi connectivity index (χ0n) is 53.6. The summed E-state index contributed by atoms with van der Waals surface area (Å²) in [6.45, 7) is 0. The fraction of sp³-hybridized carbons (Fsp3) is 0. The third-order valence-electron chi connectivity index (χ3n) is 18.6. The van der Waals surface area contributed by atoms with Gasteiger partial charge < -0.3 is 0 Å². The first-order chi connectivity index (χ1) is 46.7. The van der Waals surface area contributed by atoms with Crippen LogP contribution in [0, 0.1) is 0 Å². The van der Waals surface area contributed by atoms with E-state index < -0.39 is 26.4 Å². The molecule has 0 aliphatic rings. The van der Waals surface area contributed by atoms with E-state index in [2.05, 4.69) is 455 Å². The quantitative estimate of drug-likeness (QED) is 0.0709. The van der Waals surface area contributed by atoms with E-state index in [4.69, 9.17) is 0 Å². The van der Waals surface area contributed by atoms with E-state index >= 15 is 0 Å². The van der Waals surface area contributed by atoms with Gasteiger partial charge in [-0.05, 0) is 23.8 Å². The van der Waals surface area contributed by atoms with Gasteiger partial charge in [0.15, 0.2) is 0 Å². The van der Waals surface area contributed by atoms with Gasteiger partial charge in [0.05, 0.1) is 0 Å². The molecule has 0 atom stereocenters. The monoisotopic (exact) mass is 1230 g/mol. The van der Waals surface area contributed by atoms with Gasteiger partial charge in [-0.3, -0.25) is 0 Å². The molecule has 0 spiro atoms. The Morgan fingerprint density at radius 3 is 0.295 bits per heavy atom. The van der Waals surface area contributed by atoms with Gasteiger partial charge in [-0.15, -0.1) is 0 Å². The van der Waals surface area contributed by atoms with Crippen LogP contribution in [-0.2, 0) is 0 Å². The van der Waals surface area contributed by atoms with E-state index in [-0.39, 0.29) is 8.41 Å². The number of hydrogen-bond acceptors (Lipinski definition) is 0. The topological polar surface area (TPSA) is 0 Å². The fourth-order valence-corrected chi connectivity index (χ4v) is 16.8. The van der Waals surface area contributed by atoms with Crippen molar-refractivity contribution in [3.05, 3.63) is 455 Å². The Morgan fingerprint density at radius 2 is 0.200 bits per heavy atom. The van der Waals surface area contributed by atoms with Gasteiger partial charge >= 0.3 is 8.41 Å². The number of rotatable bonds is 15. The SMILES string of the molecule is [B+3].c1ccc(P(c2ccccc2)c2ccccc2)cc1.c1ccc([B-](c2ccccc2)(c2ccccc2)c2ccccc2)cc1.c1ccc([B-](c2ccccc2)(c2ccccc2)c2ccccc2)cc1.c1ccc([B-](c2ccccc2)(c2ccccc2)c2ccccc2)cc1. The Kier molecular flexibility index (Phi) is 22.8. The van der Waals surface area contributed by atoms with Crippen LogP contribution in [0.2, 0.25) is 0 Å². The predicted molar refractivity (Wildman–Crippen MR) is 421 cm³/mol. The van der Waals surface area contributed by atoms with Crippen molar-refractivity contribution in [3.63, 3.8) is 0 Å². The molecular weight excluding hydrogens is 1160 g/mol. The smallest absolute Gasteiger partial charge is 0.195 e. The first kappa shape index (κ1) is 65.5. The second-order valence-electron chi connectivity index (χ2n) is 23.9. The number of hydrogen-bond donors (Lipinski definition) is 0. The molecule has 0 saturated carbocycles. The molecular formula is C90H75B4P. The van der Waals surface area contributed by atoms with Gasteiger partial charge in [0, 0.05) is 0 Å². The molecule has 0 nitrogen and oxygen atoms in total. The molecule has 452 valence electrons. The fourth-order valence-electron chi connectivity index (χ4n) is 14.5. The van der Waals surface area contributed by atoms with Gasteiger partial charge in [0.1, 0.15) is 18.4 Å². The van der Waals surface area contributed by atoms with Crippen LogP contribution in [0.25, 0.3) is 0 Å². The predicted octanol–water partition coefficient (Wildman–Crippen LogP) is 12.3. The van der Waals surface area contributed by atoms with Gasteiger partial charge in [-0.1, -0.05) is 455 Å². The summed E-state index contributed by atoms with van der Waals surface area (Å²) >= 11 is 0. The van der Waals surface area contributed by atoms with Crippen molar-refractivity contribution in [2.24, 2.45) is 0 Å². The summed E-state index contributed by atoms with van der Waals surface area (Å²) in [6.07, 6.45) is -3.65. The molecule has 0 aliphatic heterocycles. The van der Waals surface area contributed by atoms with Gasteiger partial charge in [-0.2, -0.15) is 65.6 Å². The van der Waals surface area contributed by atoms with Crippen molar-refractivity contribution in [1.82, 2.24) is 0 Å². The largest absolute Gasteiger partial charge is 3.00 e. The first-order valence-corrected chi connectivity index (χ1v) is 34.1. The Morgan fingerprint density at radius 1 is 0.116 bits per heavy atom. The molecule has 0 saturated heterocycles. The van der Waals surface area contributed by atoms with Crippen molar-refractivity contribution >= 4 is 116 Å². The van der Waals surface area contributed by atoms with Crippen molar-refractivity contribution in [1.29, 1.82) is 0 Å². The molecule has 15 rings (SSSR count). The maximum Gasteiger partial charge on any atom is 3.00 e. The van der Waals surface area contributed by atoms with E-state index in [0.29, 0.717) is 0 Å². The van der Waals surface area contributed by atoms with E-state index in [1.54, 1.807) is 0 Å². The summed E-state index contributed by atoms with van der Waals surface area (Å²) in [7, 11) is -0.446. The van der Waals surface area contributed by atoms with Crippen molar-refractivity contribution < 1.29 is 0 Å². The zero-order chi connectivity index (χ0) is 63.8. The van der Waals surface area contributed by atoms with Gasteiger partial charge in [0.2, 0.25) is 0 Å². The van der Waals surface area contributed by atoms with Crippen LogP contribution in [0.15, 0.2) is 455 Å². The molecule has 15 aromatic carbocycles. The van der Waals surface area contributed by atoms with Crippen LogP contribution in [-0.4, -0.2) is 26.9 Å². The second kappa shape index (κ2) is 33.0. The van der Waals surface area contributed by atoms with Gasteiger partial charge in [0.25, 0.3) is 0 Å². The van der Waals surface area contributed by atoms with Crippen molar-refractivity contribution in [2.45, 2.75) is 0 Å². The van der Waals surface area contributed by atoms with E-state index in [1.165, 1.54) is 81.5 Å². The van der Waals surface area contributed by atoms with E-state index in [1.807, 2.05) is 0 Å². The molecule has 0 N–H and O–H groups in total. The third kappa shape index (κ3) is 14.6. The summed E-state index contributed by atoms with van der Waals surface area (Å²) in [5, 5.41) is 4.19. The van der Waals surface area contributed by atoms with E-state index in [0.717, 1.165) is 0 Å². The molecule has 0 radical (unpaired) electrons. The molecule has 0 fully saturated rings. The standard InChI is InChI=1S/3C24H20B.C18H15P.B/c3*1-5-13-21(14-6-1)25(22-15-7-2-8-16-22,23-17-9-3-10-18-23)24-19-11-4-12-20-24;1-4-10-16(11-5-1)19(17-12-6-2-7-13-17)18-14-8-3-9-15-18;/h3*1-20H;1-15H;/q3*-1;;+3. The molecule has 0 aliphatic carbocycles. The minimum atomic E-state index is -1.22. The van der Waals surface area contributed by atoms with Crippen molar-refractivity contribution in [3.8, 4) is 0 Å². The van der Waals surface area contributed by atoms with Crippen molar-refractivity contribution in [2.75, 3.05) is 0 Å². The average Bonchev–Trinajstić information content (AvgIpc) is 0.760. The third-order valence-corrected chi connectivity index (χ3v) is 21.1. The summed E-state index contributed by atoms with van der Waals surface area (Å²) in [4.78, 5) is 0. The van der Waals surface area contributed by atoms with Crippen LogP contribution < -0.4 is 81.5 Å². The van der Waals surface area contributed by atoms with Crippen LogP contribution in [0.3, 0.4) is 0 Å². The minimum absolute atomic E-state index is 0. The van der Waals surface area contributed by atoms with Crippen LogP contribution >= 0.6 is 7.92 Å². The zero-order valence-corrected chi connectivity index (χ0v) is 54.5. The Hall–Kier alpha value is -11.0. The summed E-state index contributed by atoms with van der Waals surface area (Å²) < 4.78 is 0. The molecule has 0 aromatic heterocycles. The first-order valence-electron chi connectivity index (χ1n) is 32.8. The molecule has 0 heterocycles. The Labute approximate surface area is 567 Å². The Bertz CT molecular complexity index is 3610. The molecule has 5 heteroatoms. The molecule has 15 aromatic rings. The maximum atomic E-state index is 2.26. The summed E-state index contributed by atoms with van der Waals surface area (Å²) in [5.41, 5.74) is 16.1. The summed E-state index contributed by atoms with van der Waals surface area (Å²) in [5.74, 6) is 0. The molecule has 95 heavy (non-hydrogen) atoms. The number of benzene rings is 15. The van der Waals surface area contributed by atoms with Crippen LogP contribution in [0.5, 0.6) is 0 Å². The molecule has 0 bridgehead atoms. The second-order valence-corrected chi connectivity index (χ2v) is 26.1. The molecule has 0 amide bonds. The normalized spacial score (nSPS) is 11.0. The van der Waals surface area contributed by atoms with Gasteiger partial charge in [-0.25, -0.2) is 0 Å². The maximum absolute atomic E-state index is 2.26. The van der Waals surface area contributed by atoms with Crippen LogP contribution in [0.1, 0.15) is 0 Å². The van der Waals surface area contributed by atoms with E-state index in [9.17, 15) is 0 Å². The molecule has 0 unspecified atom stereocenters. The minimum Gasteiger partial charge on any atom is -0.195 e. The average molecular weight is 1230 g/mol. The Balaban J connectivity index is 0.000000129. The summed E-state index contributed by atoms with van der Waals surface area (Å²) in [6, 6.07) is 163.